The average molecular weight is 744 g/mol. The van der Waals surface area contributed by atoms with E-state index >= 15 is 0 Å². The van der Waals surface area contributed by atoms with Crippen LogP contribution in [0.15, 0.2) is 54.2 Å². The maximum absolute atomic E-state index is 13.1. The lowest BCUT2D eigenvalue weighted by Gasteiger charge is -2.39. The number of amides is 1. The summed E-state index contributed by atoms with van der Waals surface area (Å²) in [6.07, 6.45) is -0.301. The van der Waals surface area contributed by atoms with Crippen molar-refractivity contribution in [2.45, 2.75) is 82.6 Å². The number of aryl methyl sites for hydroxylation is 1. The number of piperidine rings is 2. The normalized spacial score (nSPS) is 18.5. The zero-order valence-electron chi connectivity index (χ0n) is 28.4. The first kappa shape index (κ1) is 41.4. The molecule has 4 heterocycles. The minimum absolute atomic E-state index is 0.226. The minimum atomic E-state index is -4.62. The van der Waals surface area contributed by atoms with Crippen LogP contribution in [0.2, 0.25) is 0 Å². The molecule has 2 aliphatic rings. The standard InChI is InChI=1S/C16H19F3N2O2.C15H21NO2.C5H3F3OS/c1-2-4-14-11(10-22)5-3-8-21(14)15(23)12-9-20-7-6-13(12)16(17,18)19;1-16-10-8-13(9-11-16)14-5-3-2-4-12(14)6-7-15(17)18;6-5(7,8)4-1-3(9)2-10-4/h6-7,9-11,14H,2-5,8H2,1H3;2-5,13H,6-11H2,1H3,(H,17,18);1-2,9H. The number of rotatable bonds is 8. The molecule has 2 fully saturated rings. The molecule has 2 aromatic heterocycles. The number of hydrogen-bond acceptors (Lipinski definition) is 7. The summed E-state index contributed by atoms with van der Waals surface area (Å²) < 4.78 is 74.4. The van der Waals surface area contributed by atoms with Crippen LogP contribution in [0.1, 0.15) is 89.7 Å². The quantitative estimate of drug-likeness (QED) is 0.176. The lowest BCUT2D eigenvalue weighted by atomic mass is 9.85. The molecule has 2 saturated heterocycles. The first-order valence-corrected chi connectivity index (χ1v) is 17.5. The van der Waals surface area contributed by atoms with E-state index in [1.165, 1.54) is 28.9 Å². The molecule has 1 aromatic carbocycles. The second-order valence-corrected chi connectivity index (χ2v) is 13.5. The lowest BCUT2D eigenvalue weighted by Crippen LogP contribution is -2.49. The molecule has 0 spiro atoms. The molecule has 0 bridgehead atoms. The largest absolute Gasteiger partial charge is 0.507 e. The van der Waals surface area contributed by atoms with Crippen molar-refractivity contribution in [1.82, 2.24) is 14.8 Å². The molecule has 5 rings (SSSR count). The second-order valence-electron chi connectivity index (χ2n) is 12.6. The highest BCUT2D eigenvalue weighted by atomic mass is 32.1. The Morgan fingerprint density at radius 3 is 2.25 bits per heavy atom. The lowest BCUT2D eigenvalue weighted by molar-refractivity contribution is -0.138. The number of alkyl halides is 6. The summed E-state index contributed by atoms with van der Waals surface area (Å²) >= 11 is 0.481. The van der Waals surface area contributed by atoms with Crippen LogP contribution in [0, 0.1) is 5.92 Å². The Kier molecular flexibility index (Phi) is 15.5. The number of aliphatic carboxylic acids is 1. The first-order valence-electron chi connectivity index (χ1n) is 16.7. The Hall–Kier alpha value is -3.98. The molecule has 280 valence electrons. The van der Waals surface area contributed by atoms with Crippen LogP contribution in [0.25, 0.3) is 0 Å². The topological polar surface area (TPSA) is 111 Å². The summed E-state index contributed by atoms with van der Waals surface area (Å²) in [4.78, 5) is 41.3. The van der Waals surface area contributed by atoms with Crippen molar-refractivity contribution in [2.24, 2.45) is 5.92 Å². The fraction of sp³-hybridized carbons (Fsp3) is 0.500. The molecule has 0 radical (unpaired) electrons. The SMILES string of the molecule is CCCC1C(C=O)CCCN1C(=O)c1cnccc1C(F)(F)F.CN1CCC(c2ccccc2CCC(=O)O)CC1.Oc1csc(C(F)(F)F)c1. The van der Waals surface area contributed by atoms with E-state index in [9.17, 15) is 40.7 Å². The second kappa shape index (κ2) is 19.0. The Labute approximate surface area is 297 Å². The van der Waals surface area contributed by atoms with Crippen molar-refractivity contribution in [2.75, 3.05) is 26.7 Å². The fourth-order valence-corrected chi connectivity index (χ4v) is 6.96. The number of aldehydes is 1. The van der Waals surface area contributed by atoms with Gasteiger partial charge in [-0.15, -0.1) is 11.3 Å². The first-order chi connectivity index (χ1) is 24.1. The van der Waals surface area contributed by atoms with Gasteiger partial charge in [-0.3, -0.25) is 14.6 Å². The molecule has 2 N–H and O–H groups in total. The number of nitrogens with zero attached hydrogens (tertiary/aromatic N) is 3. The van der Waals surface area contributed by atoms with Gasteiger partial charge in [0.15, 0.2) is 0 Å². The maximum Gasteiger partial charge on any atom is 0.425 e. The van der Waals surface area contributed by atoms with Crippen molar-refractivity contribution in [3.63, 3.8) is 0 Å². The van der Waals surface area contributed by atoms with Gasteiger partial charge >= 0.3 is 18.3 Å². The van der Waals surface area contributed by atoms with Crippen molar-refractivity contribution in [3.8, 4) is 5.75 Å². The van der Waals surface area contributed by atoms with Crippen molar-refractivity contribution < 1.29 is 50.9 Å². The monoisotopic (exact) mass is 743 g/mol. The van der Waals surface area contributed by atoms with Gasteiger partial charge in [0.25, 0.3) is 5.91 Å². The molecule has 0 aliphatic carbocycles. The van der Waals surface area contributed by atoms with Gasteiger partial charge in [-0.2, -0.15) is 26.3 Å². The van der Waals surface area contributed by atoms with Crippen LogP contribution in [0.5, 0.6) is 5.75 Å². The number of pyridine rings is 1. The third-order valence-electron chi connectivity index (χ3n) is 8.89. The van der Waals surface area contributed by atoms with Crippen LogP contribution in [0.3, 0.4) is 0 Å². The summed E-state index contributed by atoms with van der Waals surface area (Å²) in [7, 11) is 2.16. The third kappa shape index (κ3) is 12.3. The van der Waals surface area contributed by atoms with Crippen molar-refractivity contribution in [1.29, 1.82) is 0 Å². The number of hydrogen-bond donors (Lipinski definition) is 2. The molecule has 2 aliphatic heterocycles. The van der Waals surface area contributed by atoms with Crippen LogP contribution < -0.4 is 0 Å². The molecule has 1 amide bonds. The van der Waals surface area contributed by atoms with E-state index in [4.69, 9.17) is 10.2 Å². The van der Waals surface area contributed by atoms with Gasteiger partial charge < -0.3 is 24.8 Å². The minimum Gasteiger partial charge on any atom is -0.507 e. The number of likely N-dealkylation sites (tertiary alicyclic amines) is 2. The molecule has 2 atom stereocenters. The number of carboxylic acids is 1. The van der Waals surface area contributed by atoms with E-state index in [1.54, 1.807) is 0 Å². The summed E-state index contributed by atoms with van der Waals surface area (Å²) in [6.45, 7) is 4.56. The number of thiophene rings is 1. The van der Waals surface area contributed by atoms with Gasteiger partial charge in [0, 0.05) is 48.8 Å². The number of aromatic nitrogens is 1. The molecule has 0 saturated carbocycles. The van der Waals surface area contributed by atoms with Gasteiger partial charge in [0.1, 0.15) is 16.9 Å². The average Bonchev–Trinajstić information content (AvgIpc) is 3.55. The fourth-order valence-electron chi connectivity index (χ4n) is 6.33. The van der Waals surface area contributed by atoms with Gasteiger partial charge in [-0.05, 0) is 81.8 Å². The van der Waals surface area contributed by atoms with Crippen LogP contribution in [-0.2, 0) is 28.4 Å². The predicted molar refractivity (Wildman–Crippen MR) is 181 cm³/mol. The number of carboxylic acid groups (broad SMARTS) is 1. The summed E-state index contributed by atoms with van der Waals surface area (Å²) in [5, 5.41) is 18.4. The number of aromatic hydroxyl groups is 1. The van der Waals surface area contributed by atoms with E-state index in [1.807, 2.05) is 13.0 Å². The van der Waals surface area contributed by atoms with Gasteiger partial charge in [-0.25, -0.2) is 0 Å². The molecule has 15 heteroatoms. The van der Waals surface area contributed by atoms with Crippen LogP contribution in [-0.4, -0.2) is 75.9 Å². The summed E-state index contributed by atoms with van der Waals surface area (Å²) in [5.74, 6) is -1.47. The number of carbonyl (C=O) groups is 3. The highest BCUT2D eigenvalue weighted by Crippen LogP contribution is 2.36. The molecular weight excluding hydrogens is 700 g/mol. The van der Waals surface area contributed by atoms with E-state index < -0.39 is 40.2 Å². The molecule has 51 heavy (non-hydrogen) atoms. The van der Waals surface area contributed by atoms with Gasteiger partial charge in [0.2, 0.25) is 0 Å². The number of carbonyl (C=O) groups excluding carboxylic acids is 2. The maximum atomic E-state index is 13.1. The van der Waals surface area contributed by atoms with E-state index in [2.05, 4.69) is 35.1 Å². The third-order valence-corrected chi connectivity index (χ3v) is 9.86. The van der Waals surface area contributed by atoms with Crippen molar-refractivity contribution in [3.05, 3.63) is 81.3 Å². The van der Waals surface area contributed by atoms with Gasteiger partial charge in [0.05, 0.1) is 11.1 Å². The zero-order chi connectivity index (χ0) is 37.8. The highest BCUT2D eigenvalue weighted by molar-refractivity contribution is 7.10. The Balaban J connectivity index is 0.000000222. The Bertz CT molecular complexity index is 1570. The molecule has 3 aromatic rings. The Morgan fingerprint density at radius 1 is 1.02 bits per heavy atom. The highest BCUT2D eigenvalue weighted by Gasteiger charge is 2.39. The van der Waals surface area contributed by atoms with Crippen molar-refractivity contribution >= 4 is 29.5 Å². The van der Waals surface area contributed by atoms with E-state index in [-0.39, 0.29) is 24.1 Å². The van der Waals surface area contributed by atoms with Crippen LogP contribution in [0.4, 0.5) is 26.3 Å². The zero-order valence-corrected chi connectivity index (χ0v) is 29.2. The number of halogens is 6. The summed E-state index contributed by atoms with van der Waals surface area (Å²) in [5.41, 5.74) is 1.15. The predicted octanol–water partition coefficient (Wildman–Crippen LogP) is 8.31. The van der Waals surface area contributed by atoms with Crippen LogP contribution >= 0.6 is 11.3 Å². The smallest absolute Gasteiger partial charge is 0.425 e. The summed E-state index contributed by atoms with van der Waals surface area (Å²) in [6, 6.07) is 9.49. The van der Waals surface area contributed by atoms with E-state index in [0.29, 0.717) is 55.5 Å². The molecule has 8 nitrogen and oxygen atoms in total. The Morgan fingerprint density at radius 2 is 1.71 bits per heavy atom. The van der Waals surface area contributed by atoms with E-state index in [0.717, 1.165) is 49.6 Å². The van der Waals surface area contributed by atoms with Gasteiger partial charge in [-0.1, -0.05) is 37.6 Å². The molecular formula is C36H43F6N3O5S. The molecule has 2 unspecified atom stereocenters. The number of benzene rings is 1.